The van der Waals surface area contributed by atoms with Gasteiger partial charge in [-0.25, -0.2) is 0 Å². The summed E-state index contributed by atoms with van der Waals surface area (Å²) >= 11 is 5.93. The Morgan fingerprint density at radius 2 is 1.84 bits per heavy atom. The van der Waals surface area contributed by atoms with Crippen LogP contribution in [0.5, 0.6) is 0 Å². The molecule has 3 unspecified atom stereocenters. The molecule has 1 N–H and O–H groups in total. The van der Waals surface area contributed by atoms with Crippen LogP contribution in [-0.2, 0) is 6.42 Å². The lowest BCUT2D eigenvalue weighted by Gasteiger charge is -2.42. The van der Waals surface area contributed by atoms with Gasteiger partial charge in [0.25, 0.3) is 0 Å². The molecule has 1 fully saturated rings. The number of benzene rings is 1. The van der Waals surface area contributed by atoms with E-state index < -0.39 is 0 Å². The van der Waals surface area contributed by atoms with Gasteiger partial charge in [-0.15, -0.1) is 0 Å². The predicted octanol–water partition coefficient (Wildman–Crippen LogP) is 4.71. The van der Waals surface area contributed by atoms with E-state index in [-0.39, 0.29) is 11.5 Å². The average Bonchev–Trinajstić information content (AvgIpc) is 2.31. The minimum atomic E-state index is -0.147. The summed E-state index contributed by atoms with van der Waals surface area (Å²) in [6.45, 7) is 6.81. The number of hydrogen-bond acceptors (Lipinski definition) is 1. The minimum Gasteiger partial charge on any atom is -0.393 e. The first-order valence-electron chi connectivity index (χ1n) is 7.31. The topological polar surface area (TPSA) is 20.2 Å². The minimum absolute atomic E-state index is 0.132. The Labute approximate surface area is 122 Å². The summed E-state index contributed by atoms with van der Waals surface area (Å²) < 4.78 is 0. The Bertz CT molecular complexity index is 410. The molecule has 106 valence electrons. The van der Waals surface area contributed by atoms with Gasteiger partial charge in [0.15, 0.2) is 0 Å². The van der Waals surface area contributed by atoms with E-state index in [1.54, 1.807) is 0 Å². The fourth-order valence-electron chi connectivity index (χ4n) is 3.52. The fourth-order valence-corrected chi connectivity index (χ4v) is 3.65. The SMILES string of the molecule is CC1CCC(C(C)(C)Cc2ccc(Cl)cc2)C(O)C1. The van der Waals surface area contributed by atoms with E-state index in [0.717, 1.165) is 24.3 Å². The lowest BCUT2D eigenvalue weighted by Crippen LogP contribution is -2.39. The second-order valence-electron chi connectivity index (χ2n) is 6.88. The number of rotatable bonds is 3. The Kier molecular flexibility index (Phi) is 4.58. The Morgan fingerprint density at radius 3 is 2.42 bits per heavy atom. The van der Waals surface area contributed by atoms with Crippen LogP contribution < -0.4 is 0 Å². The zero-order valence-corrected chi connectivity index (χ0v) is 13.0. The Morgan fingerprint density at radius 1 is 1.21 bits per heavy atom. The smallest absolute Gasteiger partial charge is 0.0576 e. The molecule has 0 aromatic heterocycles. The number of aliphatic hydroxyl groups is 1. The first kappa shape index (κ1) is 14.9. The van der Waals surface area contributed by atoms with E-state index in [1.165, 1.54) is 12.0 Å². The second kappa shape index (κ2) is 5.85. The summed E-state index contributed by atoms with van der Waals surface area (Å²) in [5.74, 6) is 1.07. The molecule has 1 nitrogen and oxygen atoms in total. The normalized spacial score (nSPS) is 28.4. The molecule has 0 radical (unpaired) electrons. The fraction of sp³-hybridized carbons (Fsp3) is 0.647. The van der Waals surface area contributed by atoms with Crippen molar-refractivity contribution in [3.8, 4) is 0 Å². The van der Waals surface area contributed by atoms with Crippen molar-refractivity contribution in [3.63, 3.8) is 0 Å². The molecule has 0 aliphatic heterocycles. The van der Waals surface area contributed by atoms with E-state index in [1.807, 2.05) is 12.1 Å². The molecule has 1 aromatic carbocycles. The predicted molar refractivity (Wildman–Crippen MR) is 81.4 cm³/mol. The lowest BCUT2D eigenvalue weighted by atomic mass is 9.65. The van der Waals surface area contributed by atoms with Crippen LogP contribution in [0.25, 0.3) is 0 Å². The number of halogens is 1. The quantitative estimate of drug-likeness (QED) is 0.850. The van der Waals surface area contributed by atoms with Crippen molar-refractivity contribution in [3.05, 3.63) is 34.9 Å². The van der Waals surface area contributed by atoms with Gasteiger partial charge in [0.2, 0.25) is 0 Å². The maximum absolute atomic E-state index is 10.4. The molecule has 2 rings (SSSR count). The van der Waals surface area contributed by atoms with Crippen molar-refractivity contribution in [2.24, 2.45) is 17.3 Å². The van der Waals surface area contributed by atoms with Crippen LogP contribution in [0.4, 0.5) is 0 Å². The summed E-state index contributed by atoms with van der Waals surface area (Å²) in [4.78, 5) is 0. The summed E-state index contributed by atoms with van der Waals surface area (Å²) in [5.41, 5.74) is 1.44. The molecular weight excluding hydrogens is 256 g/mol. The molecule has 3 atom stereocenters. The third-order valence-corrected chi connectivity index (χ3v) is 4.91. The maximum atomic E-state index is 10.4. The van der Waals surface area contributed by atoms with Crippen molar-refractivity contribution in [2.75, 3.05) is 0 Å². The number of hydrogen-bond donors (Lipinski definition) is 1. The molecular formula is C17H25ClO. The molecule has 0 saturated heterocycles. The van der Waals surface area contributed by atoms with E-state index in [0.29, 0.717) is 11.8 Å². The standard InChI is InChI=1S/C17H25ClO/c1-12-4-9-15(16(19)10-12)17(2,3)11-13-5-7-14(18)8-6-13/h5-8,12,15-16,19H,4,9-11H2,1-3H3. The monoisotopic (exact) mass is 280 g/mol. The van der Waals surface area contributed by atoms with Gasteiger partial charge >= 0.3 is 0 Å². The van der Waals surface area contributed by atoms with Crippen LogP contribution in [0, 0.1) is 17.3 Å². The highest BCUT2D eigenvalue weighted by atomic mass is 35.5. The van der Waals surface area contributed by atoms with Crippen molar-refractivity contribution >= 4 is 11.6 Å². The molecule has 1 aliphatic carbocycles. The van der Waals surface area contributed by atoms with Crippen LogP contribution >= 0.6 is 11.6 Å². The van der Waals surface area contributed by atoms with Gasteiger partial charge < -0.3 is 5.11 Å². The summed E-state index contributed by atoms with van der Waals surface area (Å²) in [7, 11) is 0. The van der Waals surface area contributed by atoms with Gasteiger partial charge in [0.1, 0.15) is 0 Å². The third-order valence-electron chi connectivity index (χ3n) is 4.66. The van der Waals surface area contributed by atoms with Gasteiger partial charge in [-0.05, 0) is 54.2 Å². The van der Waals surface area contributed by atoms with Gasteiger partial charge in [0, 0.05) is 5.02 Å². The van der Waals surface area contributed by atoms with E-state index in [2.05, 4.69) is 32.9 Å². The van der Waals surface area contributed by atoms with Crippen LogP contribution in [0.2, 0.25) is 5.02 Å². The van der Waals surface area contributed by atoms with E-state index >= 15 is 0 Å². The van der Waals surface area contributed by atoms with Crippen LogP contribution in [0.3, 0.4) is 0 Å². The molecule has 0 amide bonds. The average molecular weight is 281 g/mol. The first-order chi connectivity index (χ1) is 8.88. The molecule has 0 spiro atoms. The molecule has 2 heteroatoms. The third kappa shape index (κ3) is 3.73. The van der Waals surface area contributed by atoms with Crippen molar-refractivity contribution < 1.29 is 5.11 Å². The molecule has 19 heavy (non-hydrogen) atoms. The zero-order chi connectivity index (χ0) is 14.0. The summed E-state index contributed by atoms with van der Waals surface area (Å²) in [6, 6.07) is 8.10. The highest BCUT2D eigenvalue weighted by Crippen LogP contribution is 2.42. The lowest BCUT2D eigenvalue weighted by molar-refractivity contribution is -0.0125. The van der Waals surface area contributed by atoms with Gasteiger partial charge in [0.05, 0.1) is 6.10 Å². The summed E-state index contributed by atoms with van der Waals surface area (Å²) in [5, 5.41) is 11.2. The Hall–Kier alpha value is -0.530. The van der Waals surface area contributed by atoms with Crippen LogP contribution in [-0.4, -0.2) is 11.2 Å². The number of aliphatic hydroxyl groups excluding tert-OH is 1. The molecule has 0 bridgehead atoms. The van der Waals surface area contributed by atoms with Crippen molar-refractivity contribution in [1.82, 2.24) is 0 Å². The highest BCUT2D eigenvalue weighted by Gasteiger charge is 2.38. The van der Waals surface area contributed by atoms with Crippen molar-refractivity contribution in [1.29, 1.82) is 0 Å². The molecule has 1 aromatic rings. The zero-order valence-electron chi connectivity index (χ0n) is 12.2. The Balaban J connectivity index is 2.07. The van der Waals surface area contributed by atoms with Gasteiger partial charge in [-0.2, -0.15) is 0 Å². The highest BCUT2D eigenvalue weighted by molar-refractivity contribution is 6.30. The largest absolute Gasteiger partial charge is 0.393 e. The van der Waals surface area contributed by atoms with Crippen LogP contribution in [0.15, 0.2) is 24.3 Å². The first-order valence-corrected chi connectivity index (χ1v) is 7.69. The summed E-state index contributed by atoms with van der Waals surface area (Å²) in [6.07, 6.45) is 4.19. The van der Waals surface area contributed by atoms with E-state index in [9.17, 15) is 5.11 Å². The molecule has 1 saturated carbocycles. The van der Waals surface area contributed by atoms with Gasteiger partial charge in [-0.1, -0.05) is 50.9 Å². The molecule has 1 aliphatic rings. The van der Waals surface area contributed by atoms with E-state index in [4.69, 9.17) is 11.6 Å². The van der Waals surface area contributed by atoms with Gasteiger partial charge in [-0.3, -0.25) is 0 Å². The second-order valence-corrected chi connectivity index (χ2v) is 7.32. The maximum Gasteiger partial charge on any atom is 0.0576 e. The molecule has 0 heterocycles. The van der Waals surface area contributed by atoms with Crippen LogP contribution in [0.1, 0.15) is 45.6 Å². The van der Waals surface area contributed by atoms with Crippen molar-refractivity contribution in [2.45, 2.75) is 52.6 Å².